The quantitative estimate of drug-likeness (QED) is 0.442. The van der Waals surface area contributed by atoms with Gasteiger partial charge in [-0.1, -0.05) is 63.6 Å². The minimum Gasteiger partial charge on any atom is -0.109 e. The fourth-order valence-corrected chi connectivity index (χ4v) is 10.3. The van der Waals surface area contributed by atoms with Gasteiger partial charge in [-0.05, 0) is 12.8 Å². The largest absolute Gasteiger partial charge is 0.145 e. The Labute approximate surface area is 144 Å². The molecule has 0 aromatic carbocycles. The Morgan fingerprint density at radius 1 is 0.650 bits per heavy atom. The van der Waals surface area contributed by atoms with Crippen LogP contribution in [0.2, 0.25) is 0 Å². The molecule has 0 nitrogen and oxygen atoms in total. The summed E-state index contributed by atoms with van der Waals surface area (Å²) in [6, 6.07) is 0. The first-order chi connectivity index (χ1) is 9.83. The molecule has 1 aromatic heterocycles. The molecule has 5 heteroatoms. The van der Waals surface area contributed by atoms with Crippen LogP contribution in [0.15, 0.2) is 8.42 Å². The molecule has 0 amide bonds. The van der Waals surface area contributed by atoms with E-state index in [0.717, 1.165) is 13.6 Å². The van der Waals surface area contributed by atoms with Crippen LogP contribution in [0.1, 0.15) is 64.2 Å². The molecule has 1 aromatic rings. The molecule has 1 fully saturated rings. The van der Waals surface area contributed by atoms with Crippen LogP contribution in [0.5, 0.6) is 0 Å². The summed E-state index contributed by atoms with van der Waals surface area (Å²) in [7, 11) is 0. The molecule has 112 valence electrons. The second kappa shape index (κ2) is 8.00. The monoisotopic (exact) mass is 362 g/mol. The fraction of sp³-hybridized carbons (Fsp3) is 0.800. The van der Waals surface area contributed by atoms with E-state index in [1.807, 2.05) is 22.7 Å². The Hall–Kier alpha value is 0.970. The number of rotatable bonds is 0. The zero-order chi connectivity index (χ0) is 13.8. The predicted molar refractivity (Wildman–Crippen MR) is 98.5 cm³/mol. The SMILES string of the molecule is S=c1sc2c(s1)S[C@H]1CCCCCCCCCC[C@@H]1S2. The summed E-state index contributed by atoms with van der Waals surface area (Å²) in [6.45, 7) is 0. The van der Waals surface area contributed by atoms with Gasteiger partial charge in [-0.25, -0.2) is 0 Å². The van der Waals surface area contributed by atoms with Crippen LogP contribution in [-0.2, 0) is 0 Å². The van der Waals surface area contributed by atoms with Crippen LogP contribution < -0.4 is 0 Å². The van der Waals surface area contributed by atoms with Gasteiger partial charge in [0.05, 0.1) is 8.42 Å². The van der Waals surface area contributed by atoms with Crippen molar-refractivity contribution >= 4 is 58.4 Å². The van der Waals surface area contributed by atoms with E-state index in [2.05, 4.69) is 23.5 Å². The molecular formula is C15H22S5. The van der Waals surface area contributed by atoms with Crippen molar-refractivity contribution in [3.05, 3.63) is 3.14 Å². The molecule has 3 rings (SSSR count). The Morgan fingerprint density at radius 2 is 1.05 bits per heavy atom. The van der Waals surface area contributed by atoms with E-state index < -0.39 is 0 Å². The highest BCUT2D eigenvalue weighted by Crippen LogP contribution is 2.53. The standard InChI is InChI=1S/C15H22S5/c16-15-19-13-14(20-15)18-12-10-8-6-4-2-1-3-5-7-9-11(12)17-13/h11-12H,1-10H2/t11-,12-/m0/s1. The molecule has 1 aliphatic heterocycles. The van der Waals surface area contributed by atoms with E-state index in [-0.39, 0.29) is 0 Å². The average molecular weight is 363 g/mol. The Morgan fingerprint density at radius 3 is 1.50 bits per heavy atom. The topological polar surface area (TPSA) is 0 Å². The Balaban J connectivity index is 1.69. The lowest BCUT2D eigenvalue weighted by atomic mass is 10.0. The van der Waals surface area contributed by atoms with Crippen LogP contribution in [0.4, 0.5) is 0 Å². The lowest BCUT2D eigenvalue weighted by Gasteiger charge is -2.30. The van der Waals surface area contributed by atoms with Gasteiger partial charge >= 0.3 is 0 Å². The summed E-state index contributed by atoms with van der Waals surface area (Å²) >= 11 is 13.4. The first-order valence-corrected chi connectivity index (χ1v) is 11.6. The van der Waals surface area contributed by atoms with Crippen molar-refractivity contribution in [1.29, 1.82) is 0 Å². The summed E-state index contributed by atoms with van der Waals surface area (Å²) in [5, 5.41) is 1.68. The normalized spacial score (nSPS) is 28.8. The first kappa shape index (κ1) is 15.9. The molecular weight excluding hydrogens is 341 g/mol. The van der Waals surface area contributed by atoms with Crippen molar-refractivity contribution in [1.82, 2.24) is 0 Å². The maximum absolute atomic E-state index is 5.39. The third-order valence-electron chi connectivity index (χ3n) is 4.18. The smallest absolute Gasteiger partial charge is 0.109 e. The molecule has 0 N–H and O–H groups in total. The van der Waals surface area contributed by atoms with Gasteiger partial charge in [-0.15, -0.1) is 46.2 Å². The minimum atomic E-state index is 0.840. The summed E-state index contributed by atoms with van der Waals surface area (Å²) in [5.74, 6) is 0. The zero-order valence-electron chi connectivity index (χ0n) is 11.8. The van der Waals surface area contributed by atoms with Gasteiger partial charge < -0.3 is 0 Å². The number of hydrogen-bond acceptors (Lipinski definition) is 5. The summed E-state index contributed by atoms with van der Waals surface area (Å²) in [5.41, 5.74) is 0. The van der Waals surface area contributed by atoms with E-state index in [1.165, 1.54) is 72.6 Å². The van der Waals surface area contributed by atoms with Gasteiger partial charge in [-0.2, -0.15) is 0 Å². The van der Waals surface area contributed by atoms with Crippen molar-refractivity contribution in [3.8, 4) is 0 Å². The minimum absolute atomic E-state index is 0.840. The highest BCUT2D eigenvalue weighted by molar-refractivity contribution is 8.09. The Bertz CT molecular complexity index is 434. The highest BCUT2D eigenvalue weighted by Gasteiger charge is 2.31. The second-order valence-electron chi connectivity index (χ2n) is 5.75. The first-order valence-electron chi connectivity index (χ1n) is 7.80. The molecule has 1 saturated carbocycles. The van der Waals surface area contributed by atoms with Crippen LogP contribution in [0, 0.1) is 3.14 Å². The van der Waals surface area contributed by atoms with Gasteiger partial charge in [0.25, 0.3) is 0 Å². The lowest BCUT2D eigenvalue weighted by Crippen LogP contribution is -2.22. The van der Waals surface area contributed by atoms with Crippen LogP contribution >= 0.6 is 58.4 Å². The molecule has 0 unspecified atom stereocenters. The van der Waals surface area contributed by atoms with E-state index in [0.29, 0.717) is 0 Å². The van der Waals surface area contributed by atoms with Crippen molar-refractivity contribution in [2.45, 2.75) is 83.1 Å². The molecule has 0 bridgehead atoms. The molecule has 0 radical (unpaired) electrons. The van der Waals surface area contributed by atoms with Crippen molar-refractivity contribution in [3.63, 3.8) is 0 Å². The van der Waals surface area contributed by atoms with Gasteiger partial charge in [-0.3, -0.25) is 0 Å². The van der Waals surface area contributed by atoms with Gasteiger partial charge in [0.1, 0.15) is 3.14 Å². The highest BCUT2D eigenvalue weighted by atomic mass is 32.2. The van der Waals surface area contributed by atoms with Gasteiger partial charge in [0, 0.05) is 10.5 Å². The molecule has 1 aliphatic carbocycles. The molecule has 2 aliphatic rings. The van der Waals surface area contributed by atoms with E-state index >= 15 is 0 Å². The molecule has 2 heterocycles. The summed E-state index contributed by atoms with van der Waals surface area (Å²) in [6.07, 6.45) is 14.4. The van der Waals surface area contributed by atoms with E-state index in [4.69, 9.17) is 12.2 Å². The zero-order valence-corrected chi connectivity index (χ0v) is 15.8. The van der Waals surface area contributed by atoms with Crippen molar-refractivity contribution in [2.75, 3.05) is 0 Å². The number of hydrogen-bond donors (Lipinski definition) is 0. The second-order valence-corrected chi connectivity index (χ2v) is 12.0. The molecule has 0 spiro atoms. The third-order valence-corrected chi connectivity index (χ3v) is 10.6. The number of thioether (sulfide) groups is 2. The van der Waals surface area contributed by atoms with Gasteiger partial charge in [0.15, 0.2) is 0 Å². The summed E-state index contributed by atoms with van der Waals surface area (Å²) in [4.78, 5) is 0. The maximum Gasteiger partial charge on any atom is 0.145 e. The van der Waals surface area contributed by atoms with Crippen LogP contribution in [-0.4, -0.2) is 10.5 Å². The lowest BCUT2D eigenvalue weighted by molar-refractivity contribution is 0.514. The summed E-state index contributed by atoms with van der Waals surface area (Å²) < 4.78 is 4.17. The van der Waals surface area contributed by atoms with Gasteiger partial charge in [0.2, 0.25) is 0 Å². The maximum atomic E-state index is 5.39. The van der Waals surface area contributed by atoms with Crippen LogP contribution in [0.25, 0.3) is 0 Å². The predicted octanol–water partition coefficient (Wildman–Crippen LogP) is 7.39. The van der Waals surface area contributed by atoms with Crippen molar-refractivity contribution in [2.24, 2.45) is 0 Å². The van der Waals surface area contributed by atoms with E-state index in [1.54, 1.807) is 0 Å². The van der Waals surface area contributed by atoms with E-state index in [9.17, 15) is 0 Å². The molecule has 2 atom stereocenters. The average Bonchev–Trinajstić information content (AvgIpc) is 2.77. The van der Waals surface area contributed by atoms with Crippen LogP contribution in [0.3, 0.4) is 0 Å². The Kier molecular flexibility index (Phi) is 6.34. The third kappa shape index (κ3) is 4.25. The molecule has 20 heavy (non-hydrogen) atoms. The number of fused-ring (bicyclic) bond motifs is 2. The fourth-order valence-electron chi connectivity index (χ4n) is 3.07. The molecule has 0 saturated heterocycles. The van der Waals surface area contributed by atoms with Crippen molar-refractivity contribution < 1.29 is 0 Å².